The molecule has 2 rings (SSSR count). The molecule has 20 heavy (non-hydrogen) atoms. The zero-order valence-electron chi connectivity index (χ0n) is 12.1. The highest BCUT2D eigenvalue weighted by atomic mass is 35.5. The molecule has 1 amide bonds. The van der Waals surface area contributed by atoms with Gasteiger partial charge in [0.15, 0.2) is 0 Å². The third-order valence-electron chi connectivity index (χ3n) is 3.67. The van der Waals surface area contributed by atoms with Crippen LogP contribution in [0.5, 0.6) is 0 Å². The van der Waals surface area contributed by atoms with Gasteiger partial charge in [-0.05, 0) is 51.0 Å². The fourth-order valence-corrected chi connectivity index (χ4v) is 3.54. The largest absolute Gasteiger partial charge is 0.326 e. The van der Waals surface area contributed by atoms with E-state index in [9.17, 15) is 4.79 Å². The first-order valence-corrected chi connectivity index (χ1v) is 8.57. The van der Waals surface area contributed by atoms with Crippen molar-refractivity contribution in [3.05, 3.63) is 24.3 Å². The van der Waals surface area contributed by atoms with E-state index in [0.717, 1.165) is 10.9 Å². The monoisotopic (exact) mass is 311 g/mol. The third-order valence-corrected chi connectivity index (χ3v) is 5.68. The molecule has 1 aromatic rings. The molecule has 0 aromatic heterocycles. The lowest BCUT2D eigenvalue weighted by Crippen LogP contribution is -2.32. The number of carbonyl (C=O) groups excluding carboxylic acids is 1. The van der Waals surface area contributed by atoms with E-state index in [0.29, 0.717) is 5.88 Å². The Bertz CT molecular complexity index is 452. The molecular formula is C16H22ClNOS. The number of anilines is 1. The first kappa shape index (κ1) is 15.7. The predicted molar refractivity (Wildman–Crippen MR) is 87.7 cm³/mol. The van der Waals surface area contributed by atoms with Crippen molar-refractivity contribution in [2.45, 2.75) is 49.7 Å². The lowest BCUT2D eigenvalue weighted by atomic mass is 9.95. The first-order chi connectivity index (χ1) is 9.51. The Labute approximate surface area is 130 Å². The van der Waals surface area contributed by atoms with E-state index in [1.165, 1.54) is 30.6 Å². The highest BCUT2D eigenvalue weighted by Gasteiger charge is 2.26. The molecule has 4 heteroatoms. The molecule has 110 valence electrons. The van der Waals surface area contributed by atoms with Gasteiger partial charge >= 0.3 is 0 Å². The summed E-state index contributed by atoms with van der Waals surface area (Å²) >= 11 is 7.77. The number of alkyl halides is 1. The van der Waals surface area contributed by atoms with Crippen LogP contribution < -0.4 is 5.32 Å². The Morgan fingerprint density at radius 1 is 1.30 bits per heavy atom. The molecule has 1 saturated carbocycles. The summed E-state index contributed by atoms with van der Waals surface area (Å²) in [5.41, 5.74) is 0.294. The number of hydrogen-bond acceptors (Lipinski definition) is 2. The van der Waals surface area contributed by atoms with Crippen LogP contribution in [0.2, 0.25) is 0 Å². The highest BCUT2D eigenvalue weighted by Crippen LogP contribution is 2.35. The van der Waals surface area contributed by atoms with E-state index < -0.39 is 5.41 Å². The van der Waals surface area contributed by atoms with Crippen LogP contribution in [-0.2, 0) is 4.79 Å². The number of halogens is 1. The molecular weight excluding hydrogens is 290 g/mol. The van der Waals surface area contributed by atoms with Crippen molar-refractivity contribution in [3.8, 4) is 0 Å². The fraction of sp³-hybridized carbons (Fsp3) is 0.562. The second-order valence-corrected chi connectivity index (χ2v) is 7.66. The van der Waals surface area contributed by atoms with E-state index >= 15 is 0 Å². The molecule has 0 saturated heterocycles. The molecule has 0 bridgehead atoms. The van der Waals surface area contributed by atoms with E-state index in [1.54, 1.807) is 0 Å². The van der Waals surface area contributed by atoms with Crippen molar-refractivity contribution in [1.82, 2.24) is 0 Å². The smallest absolute Gasteiger partial charge is 0.231 e. The molecule has 1 aliphatic rings. The zero-order valence-corrected chi connectivity index (χ0v) is 13.7. The van der Waals surface area contributed by atoms with Crippen LogP contribution >= 0.6 is 23.4 Å². The number of thioether (sulfide) groups is 1. The second-order valence-electron chi connectivity index (χ2n) is 6.02. The minimum Gasteiger partial charge on any atom is -0.326 e. The molecule has 0 aliphatic heterocycles. The van der Waals surface area contributed by atoms with Crippen molar-refractivity contribution in [2.24, 2.45) is 5.41 Å². The Kier molecular flexibility index (Phi) is 5.39. The zero-order chi connectivity index (χ0) is 14.6. The second kappa shape index (κ2) is 6.86. The molecule has 1 fully saturated rings. The van der Waals surface area contributed by atoms with Crippen molar-refractivity contribution in [2.75, 3.05) is 11.2 Å². The Morgan fingerprint density at radius 3 is 2.45 bits per heavy atom. The quantitative estimate of drug-likeness (QED) is 0.782. The average Bonchev–Trinajstić information content (AvgIpc) is 2.94. The van der Waals surface area contributed by atoms with Crippen molar-refractivity contribution in [3.63, 3.8) is 0 Å². The van der Waals surface area contributed by atoms with Crippen LogP contribution in [0.25, 0.3) is 0 Å². The van der Waals surface area contributed by atoms with E-state index in [1.807, 2.05) is 37.7 Å². The third kappa shape index (κ3) is 4.16. The van der Waals surface area contributed by atoms with Gasteiger partial charge in [-0.3, -0.25) is 4.79 Å². The Balaban J connectivity index is 1.92. The molecule has 0 radical (unpaired) electrons. The van der Waals surface area contributed by atoms with Gasteiger partial charge in [0.2, 0.25) is 5.91 Å². The number of amides is 1. The summed E-state index contributed by atoms with van der Waals surface area (Å²) in [6.07, 6.45) is 5.37. The van der Waals surface area contributed by atoms with Gasteiger partial charge in [-0.15, -0.1) is 23.4 Å². The maximum Gasteiger partial charge on any atom is 0.231 e. The summed E-state index contributed by atoms with van der Waals surface area (Å²) in [7, 11) is 0. The van der Waals surface area contributed by atoms with Gasteiger partial charge in [0.1, 0.15) is 0 Å². The topological polar surface area (TPSA) is 29.1 Å². The molecule has 1 aliphatic carbocycles. The SMILES string of the molecule is CC(C)(CCl)C(=O)Nc1ccc(SC2CCCC2)cc1. The maximum absolute atomic E-state index is 12.0. The van der Waals surface area contributed by atoms with Gasteiger partial charge in [0, 0.05) is 21.7 Å². The van der Waals surface area contributed by atoms with Crippen LogP contribution in [-0.4, -0.2) is 17.0 Å². The lowest BCUT2D eigenvalue weighted by molar-refractivity contribution is -0.122. The van der Waals surface area contributed by atoms with Crippen molar-refractivity contribution < 1.29 is 4.79 Å². The Morgan fingerprint density at radius 2 is 1.90 bits per heavy atom. The predicted octanol–water partition coefficient (Wildman–Crippen LogP) is 4.92. The summed E-state index contributed by atoms with van der Waals surface area (Å²) in [5.74, 6) is 0.276. The molecule has 0 atom stereocenters. The summed E-state index contributed by atoms with van der Waals surface area (Å²) in [6, 6.07) is 8.12. The standard InChI is InChI=1S/C16H22ClNOS/c1-16(2,11-17)15(19)18-12-7-9-14(10-8-12)20-13-5-3-4-6-13/h7-10,13H,3-6,11H2,1-2H3,(H,18,19). The van der Waals surface area contributed by atoms with Crippen molar-refractivity contribution >= 4 is 35.0 Å². The molecule has 0 spiro atoms. The summed E-state index contributed by atoms with van der Waals surface area (Å²) in [4.78, 5) is 13.3. The molecule has 0 unspecified atom stereocenters. The highest BCUT2D eigenvalue weighted by molar-refractivity contribution is 8.00. The summed E-state index contributed by atoms with van der Waals surface area (Å²) in [6.45, 7) is 3.69. The van der Waals surface area contributed by atoms with Gasteiger partial charge in [0.05, 0.1) is 5.41 Å². The number of benzene rings is 1. The van der Waals surface area contributed by atoms with E-state index in [2.05, 4.69) is 17.4 Å². The number of hydrogen-bond donors (Lipinski definition) is 1. The van der Waals surface area contributed by atoms with Crippen LogP contribution in [0.1, 0.15) is 39.5 Å². The molecule has 0 heterocycles. The fourth-order valence-electron chi connectivity index (χ4n) is 2.18. The normalized spacial score (nSPS) is 16.4. The average molecular weight is 312 g/mol. The van der Waals surface area contributed by atoms with Gasteiger partial charge in [-0.1, -0.05) is 12.8 Å². The summed E-state index contributed by atoms with van der Waals surface area (Å²) < 4.78 is 0. The molecule has 1 aromatic carbocycles. The number of rotatable bonds is 5. The number of carbonyl (C=O) groups is 1. The van der Waals surface area contributed by atoms with Gasteiger partial charge in [-0.25, -0.2) is 0 Å². The van der Waals surface area contributed by atoms with Crippen LogP contribution in [0.3, 0.4) is 0 Å². The van der Waals surface area contributed by atoms with Gasteiger partial charge < -0.3 is 5.32 Å². The minimum atomic E-state index is -0.543. The van der Waals surface area contributed by atoms with Crippen molar-refractivity contribution in [1.29, 1.82) is 0 Å². The van der Waals surface area contributed by atoms with E-state index in [4.69, 9.17) is 11.6 Å². The number of nitrogens with one attached hydrogen (secondary N) is 1. The lowest BCUT2D eigenvalue weighted by Gasteiger charge is -2.20. The van der Waals surface area contributed by atoms with Crippen LogP contribution in [0.4, 0.5) is 5.69 Å². The summed E-state index contributed by atoms with van der Waals surface area (Å²) in [5, 5.41) is 3.69. The van der Waals surface area contributed by atoms with Gasteiger partial charge in [0.25, 0.3) is 0 Å². The molecule has 1 N–H and O–H groups in total. The molecule has 2 nitrogen and oxygen atoms in total. The Hall–Kier alpha value is -0.670. The van der Waals surface area contributed by atoms with Crippen LogP contribution in [0.15, 0.2) is 29.2 Å². The van der Waals surface area contributed by atoms with Gasteiger partial charge in [-0.2, -0.15) is 0 Å². The maximum atomic E-state index is 12.0. The first-order valence-electron chi connectivity index (χ1n) is 7.15. The van der Waals surface area contributed by atoms with E-state index in [-0.39, 0.29) is 5.91 Å². The van der Waals surface area contributed by atoms with Crippen LogP contribution in [0, 0.1) is 5.41 Å². The minimum absolute atomic E-state index is 0.0382.